The van der Waals surface area contributed by atoms with Crippen molar-refractivity contribution < 1.29 is 14.3 Å². The topological polar surface area (TPSA) is 58.6 Å². The zero-order chi connectivity index (χ0) is 15.2. The Hall–Kier alpha value is -1.75. The van der Waals surface area contributed by atoms with Crippen molar-refractivity contribution in [3.63, 3.8) is 0 Å². The zero-order valence-corrected chi connectivity index (χ0v) is 12.7. The van der Waals surface area contributed by atoms with Gasteiger partial charge in [-0.2, -0.15) is 0 Å². The van der Waals surface area contributed by atoms with Crippen molar-refractivity contribution in [2.24, 2.45) is 0 Å². The average molecular weight is 311 g/mol. The van der Waals surface area contributed by atoms with Crippen LogP contribution in [0, 0.1) is 0 Å². The molecule has 1 N–H and O–H groups in total. The van der Waals surface area contributed by atoms with Crippen LogP contribution >= 0.6 is 11.6 Å². The Bertz CT molecular complexity index is 515. The van der Waals surface area contributed by atoms with Crippen LogP contribution in [0.15, 0.2) is 24.3 Å². The van der Waals surface area contributed by atoms with Gasteiger partial charge < -0.3 is 15.0 Å². The van der Waals surface area contributed by atoms with Crippen molar-refractivity contribution in [3.8, 4) is 5.75 Å². The molecule has 2 rings (SSSR count). The van der Waals surface area contributed by atoms with E-state index in [4.69, 9.17) is 16.3 Å². The standard InChI is InChI=1S/C15H19ClN2O3/c1-11(21-13-6-4-5-12(16)9-13)15(20)17-10-14(19)18-7-2-3-8-18/h4-6,9,11H,2-3,7-8,10H2,1H3,(H,17,20). The van der Waals surface area contributed by atoms with Crippen LogP contribution in [0.25, 0.3) is 0 Å². The third-order valence-corrected chi connectivity index (χ3v) is 3.59. The van der Waals surface area contributed by atoms with Gasteiger partial charge in [0.1, 0.15) is 5.75 Å². The predicted molar refractivity (Wildman–Crippen MR) is 80.4 cm³/mol. The predicted octanol–water partition coefficient (Wildman–Crippen LogP) is 1.85. The molecule has 1 atom stereocenters. The second-order valence-electron chi connectivity index (χ2n) is 5.02. The van der Waals surface area contributed by atoms with Crippen molar-refractivity contribution in [1.29, 1.82) is 0 Å². The molecule has 1 aliphatic heterocycles. The first-order chi connectivity index (χ1) is 10.1. The summed E-state index contributed by atoms with van der Waals surface area (Å²) >= 11 is 5.85. The minimum Gasteiger partial charge on any atom is -0.481 e. The normalized spacial score (nSPS) is 15.6. The summed E-state index contributed by atoms with van der Waals surface area (Å²) in [5.41, 5.74) is 0. The van der Waals surface area contributed by atoms with Gasteiger partial charge in [-0.1, -0.05) is 17.7 Å². The molecule has 0 aromatic heterocycles. The number of carbonyl (C=O) groups is 2. The number of ether oxygens (including phenoxy) is 1. The highest BCUT2D eigenvalue weighted by atomic mass is 35.5. The maximum Gasteiger partial charge on any atom is 0.261 e. The van der Waals surface area contributed by atoms with Gasteiger partial charge in [-0.25, -0.2) is 0 Å². The minimum atomic E-state index is -0.685. The molecular weight excluding hydrogens is 292 g/mol. The zero-order valence-electron chi connectivity index (χ0n) is 12.0. The Morgan fingerprint density at radius 2 is 2.10 bits per heavy atom. The molecular formula is C15H19ClN2O3. The third kappa shape index (κ3) is 4.63. The van der Waals surface area contributed by atoms with E-state index >= 15 is 0 Å². The Kier molecular flexibility index (Phi) is 5.44. The lowest BCUT2D eigenvalue weighted by atomic mass is 10.3. The van der Waals surface area contributed by atoms with Crippen molar-refractivity contribution in [2.45, 2.75) is 25.9 Å². The maximum atomic E-state index is 11.9. The highest BCUT2D eigenvalue weighted by Crippen LogP contribution is 2.18. The Morgan fingerprint density at radius 1 is 1.38 bits per heavy atom. The van der Waals surface area contributed by atoms with E-state index in [1.807, 2.05) is 0 Å². The van der Waals surface area contributed by atoms with Gasteiger partial charge in [-0.05, 0) is 38.0 Å². The molecule has 5 nitrogen and oxygen atoms in total. The molecule has 6 heteroatoms. The van der Waals surface area contributed by atoms with Crippen LogP contribution in [0.3, 0.4) is 0 Å². The highest BCUT2D eigenvalue weighted by molar-refractivity contribution is 6.30. The van der Waals surface area contributed by atoms with Gasteiger partial charge >= 0.3 is 0 Å². The van der Waals surface area contributed by atoms with Crippen molar-refractivity contribution in [1.82, 2.24) is 10.2 Å². The third-order valence-electron chi connectivity index (χ3n) is 3.35. The van der Waals surface area contributed by atoms with E-state index < -0.39 is 6.10 Å². The van der Waals surface area contributed by atoms with Gasteiger partial charge in [0.05, 0.1) is 6.54 Å². The number of nitrogens with zero attached hydrogens (tertiary/aromatic N) is 1. The summed E-state index contributed by atoms with van der Waals surface area (Å²) in [6.07, 6.45) is 1.39. The maximum absolute atomic E-state index is 11.9. The largest absolute Gasteiger partial charge is 0.481 e. The molecule has 21 heavy (non-hydrogen) atoms. The Morgan fingerprint density at radius 3 is 2.76 bits per heavy atom. The molecule has 2 amide bonds. The molecule has 0 aliphatic carbocycles. The number of nitrogens with one attached hydrogen (secondary N) is 1. The van der Waals surface area contributed by atoms with Crippen molar-refractivity contribution >= 4 is 23.4 Å². The van der Waals surface area contributed by atoms with Gasteiger partial charge in [0.15, 0.2) is 6.10 Å². The molecule has 1 aromatic carbocycles. The van der Waals surface area contributed by atoms with Gasteiger partial charge in [0, 0.05) is 18.1 Å². The lowest BCUT2D eigenvalue weighted by Gasteiger charge is -2.18. The molecule has 0 bridgehead atoms. The first kappa shape index (κ1) is 15.6. The number of hydrogen-bond donors (Lipinski definition) is 1. The first-order valence-electron chi connectivity index (χ1n) is 7.04. The fraction of sp³-hybridized carbons (Fsp3) is 0.467. The number of likely N-dealkylation sites (tertiary alicyclic amines) is 1. The average Bonchev–Trinajstić information content (AvgIpc) is 2.98. The van der Waals surface area contributed by atoms with Crippen LogP contribution in [0.5, 0.6) is 5.75 Å². The molecule has 1 unspecified atom stereocenters. The molecule has 0 radical (unpaired) electrons. The second-order valence-corrected chi connectivity index (χ2v) is 5.46. The van der Waals surface area contributed by atoms with Gasteiger partial charge in [-0.15, -0.1) is 0 Å². The number of halogens is 1. The van der Waals surface area contributed by atoms with Crippen LogP contribution in [-0.2, 0) is 9.59 Å². The fourth-order valence-electron chi connectivity index (χ4n) is 2.18. The molecule has 1 heterocycles. The number of benzene rings is 1. The highest BCUT2D eigenvalue weighted by Gasteiger charge is 2.20. The van der Waals surface area contributed by atoms with Crippen LogP contribution in [0.4, 0.5) is 0 Å². The number of rotatable bonds is 5. The number of amides is 2. The monoisotopic (exact) mass is 310 g/mol. The van der Waals surface area contributed by atoms with E-state index in [9.17, 15) is 9.59 Å². The van der Waals surface area contributed by atoms with Gasteiger partial charge in [0.2, 0.25) is 5.91 Å². The lowest BCUT2D eigenvalue weighted by Crippen LogP contribution is -2.43. The van der Waals surface area contributed by atoms with Crippen LogP contribution in [-0.4, -0.2) is 42.5 Å². The molecule has 0 saturated carbocycles. The lowest BCUT2D eigenvalue weighted by molar-refractivity contribution is -0.134. The summed E-state index contributed by atoms with van der Waals surface area (Å²) in [4.78, 5) is 25.5. The first-order valence-corrected chi connectivity index (χ1v) is 7.42. The van der Waals surface area contributed by atoms with Crippen LogP contribution in [0.2, 0.25) is 5.02 Å². The van der Waals surface area contributed by atoms with E-state index in [1.165, 1.54) is 0 Å². The summed E-state index contributed by atoms with van der Waals surface area (Å²) in [6, 6.07) is 6.85. The summed E-state index contributed by atoms with van der Waals surface area (Å²) < 4.78 is 5.49. The Labute approximate surface area is 129 Å². The smallest absolute Gasteiger partial charge is 0.261 e. The van der Waals surface area contributed by atoms with Crippen molar-refractivity contribution in [3.05, 3.63) is 29.3 Å². The van der Waals surface area contributed by atoms with Crippen LogP contribution < -0.4 is 10.1 Å². The fourth-order valence-corrected chi connectivity index (χ4v) is 2.36. The summed E-state index contributed by atoms with van der Waals surface area (Å²) in [6.45, 7) is 3.21. The molecule has 1 aliphatic rings. The van der Waals surface area contributed by atoms with E-state index in [-0.39, 0.29) is 18.4 Å². The van der Waals surface area contributed by atoms with Crippen LogP contribution in [0.1, 0.15) is 19.8 Å². The summed E-state index contributed by atoms with van der Waals surface area (Å²) in [5, 5.41) is 3.15. The number of hydrogen-bond acceptors (Lipinski definition) is 3. The van der Waals surface area contributed by atoms with E-state index in [1.54, 1.807) is 36.1 Å². The molecule has 0 spiro atoms. The van der Waals surface area contributed by atoms with E-state index in [2.05, 4.69) is 5.32 Å². The van der Waals surface area contributed by atoms with E-state index in [0.29, 0.717) is 10.8 Å². The van der Waals surface area contributed by atoms with E-state index in [0.717, 1.165) is 25.9 Å². The number of carbonyl (C=O) groups excluding carboxylic acids is 2. The summed E-state index contributed by atoms with van der Waals surface area (Å²) in [5.74, 6) is 0.161. The molecule has 114 valence electrons. The van der Waals surface area contributed by atoms with Gasteiger partial charge in [-0.3, -0.25) is 9.59 Å². The van der Waals surface area contributed by atoms with Gasteiger partial charge in [0.25, 0.3) is 5.91 Å². The Balaban J connectivity index is 1.78. The molecule has 1 saturated heterocycles. The quantitative estimate of drug-likeness (QED) is 0.903. The van der Waals surface area contributed by atoms with Crippen molar-refractivity contribution in [2.75, 3.05) is 19.6 Å². The second kappa shape index (κ2) is 7.31. The minimum absolute atomic E-state index is 0.0160. The molecule has 1 aromatic rings. The SMILES string of the molecule is CC(Oc1cccc(Cl)c1)C(=O)NCC(=O)N1CCCC1. The summed E-state index contributed by atoms with van der Waals surface area (Å²) in [7, 11) is 0. The molecule has 1 fully saturated rings.